The third kappa shape index (κ3) is 4.29. The van der Waals surface area contributed by atoms with Crippen molar-refractivity contribution in [3.63, 3.8) is 0 Å². The molecule has 6 nitrogen and oxygen atoms in total. The molecule has 5 rings (SSSR count). The van der Waals surface area contributed by atoms with Crippen LogP contribution in [-0.4, -0.2) is 33.9 Å². The molecule has 0 bridgehead atoms. The molecule has 1 amide bonds. The van der Waals surface area contributed by atoms with Crippen molar-refractivity contribution >= 4 is 17.4 Å². The zero-order valence-corrected chi connectivity index (χ0v) is 18.0. The van der Waals surface area contributed by atoms with Crippen molar-refractivity contribution in [2.45, 2.75) is 33.1 Å². The third-order valence-corrected chi connectivity index (χ3v) is 6.22. The maximum absolute atomic E-state index is 12.1. The van der Waals surface area contributed by atoms with Crippen LogP contribution in [0.15, 0.2) is 49.1 Å². The molecule has 1 aromatic carbocycles. The summed E-state index contributed by atoms with van der Waals surface area (Å²) >= 11 is 0. The molecule has 31 heavy (non-hydrogen) atoms. The summed E-state index contributed by atoms with van der Waals surface area (Å²) in [5.74, 6) is 1.45. The number of hydrogen-bond acceptors (Lipinski definition) is 5. The Balaban J connectivity index is 1.44. The second kappa shape index (κ2) is 8.10. The second-order valence-electron chi connectivity index (χ2n) is 8.85. The van der Waals surface area contributed by atoms with E-state index < -0.39 is 0 Å². The fourth-order valence-corrected chi connectivity index (χ4v) is 4.17. The smallest absolute Gasteiger partial charge is 0.228 e. The molecule has 1 saturated carbocycles. The number of benzene rings is 1. The molecule has 0 radical (unpaired) electrons. The molecule has 1 N–H and O–H groups in total. The van der Waals surface area contributed by atoms with E-state index in [1.165, 1.54) is 29.6 Å². The number of hydrogen-bond donors (Lipinski definition) is 1. The second-order valence-corrected chi connectivity index (χ2v) is 8.85. The Morgan fingerprint density at radius 2 is 1.90 bits per heavy atom. The average Bonchev–Trinajstić information content (AvgIpc) is 3.55. The van der Waals surface area contributed by atoms with Crippen molar-refractivity contribution in [2.75, 3.05) is 23.3 Å². The maximum Gasteiger partial charge on any atom is 0.228 e. The summed E-state index contributed by atoms with van der Waals surface area (Å²) in [7, 11) is 0. The van der Waals surface area contributed by atoms with E-state index in [-0.39, 0.29) is 11.8 Å². The van der Waals surface area contributed by atoms with Gasteiger partial charge in [-0.25, -0.2) is 9.97 Å². The molecule has 2 fully saturated rings. The minimum absolute atomic E-state index is 0.0418. The highest BCUT2D eigenvalue weighted by molar-refractivity contribution is 5.93. The Kier molecular flexibility index (Phi) is 5.14. The first-order chi connectivity index (χ1) is 15.1. The Bertz CT molecular complexity index is 1120. The molecule has 3 aromatic rings. The van der Waals surface area contributed by atoms with Crippen LogP contribution in [-0.2, 0) is 4.79 Å². The SMILES string of the molecule is Cc1ccc(N2CCC(C)C2)cc1-c1cncc(-c2cc(NC(=O)C3CC3)ncn2)c1. The molecule has 3 heterocycles. The highest BCUT2D eigenvalue weighted by Gasteiger charge is 2.29. The molecule has 0 spiro atoms. The molecule has 2 aliphatic rings. The summed E-state index contributed by atoms with van der Waals surface area (Å²) in [6.07, 6.45) is 8.37. The molecule has 1 aliphatic heterocycles. The average molecular weight is 414 g/mol. The zero-order chi connectivity index (χ0) is 21.4. The first-order valence-corrected chi connectivity index (χ1v) is 11.0. The van der Waals surface area contributed by atoms with E-state index in [2.05, 4.69) is 63.3 Å². The van der Waals surface area contributed by atoms with E-state index in [1.807, 2.05) is 12.3 Å². The number of pyridine rings is 1. The number of anilines is 2. The molecule has 1 atom stereocenters. The normalized spacial score (nSPS) is 18.3. The van der Waals surface area contributed by atoms with Gasteiger partial charge in [0.05, 0.1) is 5.69 Å². The van der Waals surface area contributed by atoms with Gasteiger partial charge in [-0.05, 0) is 61.4 Å². The van der Waals surface area contributed by atoms with E-state index in [0.717, 1.165) is 48.7 Å². The minimum Gasteiger partial charge on any atom is -0.371 e. The number of rotatable bonds is 5. The molecular weight excluding hydrogens is 386 g/mol. The molecule has 1 unspecified atom stereocenters. The number of amides is 1. The Hall–Kier alpha value is -3.28. The summed E-state index contributed by atoms with van der Waals surface area (Å²) < 4.78 is 0. The number of aromatic nitrogens is 3. The predicted molar refractivity (Wildman–Crippen MR) is 123 cm³/mol. The molecule has 158 valence electrons. The highest BCUT2D eigenvalue weighted by atomic mass is 16.2. The van der Waals surface area contributed by atoms with Gasteiger partial charge < -0.3 is 10.2 Å². The van der Waals surface area contributed by atoms with E-state index >= 15 is 0 Å². The summed E-state index contributed by atoms with van der Waals surface area (Å²) in [4.78, 5) is 27.6. The van der Waals surface area contributed by atoms with Gasteiger partial charge in [-0.2, -0.15) is 0 Å². The van der Waals surface area contributed by atoms with Crippen molar-refractivity contribution in [3.8, 4) is 22.4 Å². The molecule has 2 aromatic heterocycles. The standard InChI is InChI=1S/C25H27N5O/c1-16-7-8-30(14-16)21-6-3-17(2)22(10-21)19-9-20(13-26-12-19)23-11-24(28-15-27-23)29-25(31)18-4-5-18/h3,6,9-13,15-16,18H,4-5,7-8,14H2,1-2H3,(H,27,28,29,31). The van der Waals surface area contributed by atoms with Crippen LogP contribution >= 0.6 is 0 Å². The number of nitrogens with zero attached hydrogens (tertiary/aromatic N) is 4. The predicted octanol–water partition coefficient (Wildman–Crippen LogP) is 4.71. The van der Waals surface area contributed by atoms with Crippen molar-refractivity contribution in [1.29, 1.82) is 0 Å². The van der Waals surface area contributed by atoms with Gasteiger partial charge in [0.2, 0.25) is 5.91 Å². The summed E-state index contributed by atoms with van der Waals surface area (Å²) in [5, 5.41) is 2.90. The van der Waals surface area contributed by atoms with E-state index in [4.69, 9.17) is 0 Å². The lowest BCUT2D eigenvalue weighted by molar-refractivity contribution is -0.117. The minimum atomic E-state index is 0.0418. The van der Waals surface area contributed by atoms with Gasteiger partial charge in [0.1, 0.15) is 12.1 Å². The number of carbonyl (C=O) groups is 1. The first kappa shape index (κ1) is 19.7. The first-order valence-electron chi connectivity index (χ1n) is 11.0. The molecular formula is C25H27N5O. The number of nitrogens with one attached hydrogen (secondary N) is 1. The lowest BCUT2D eigenvalue weighted by atomic mass is 9.99. The van der Waals surface area contributed by atoms with E-state index in [9.17, 15) is 4.79 Å². The summed E-state index contributed by atoms with van der Waals surface area (Å²) in [6, 6.07) is 10.6. The zero-order valence-electron chi connectivity index (χ0n) is 18.0. The number of aryl methyl sites for hydroxylation is 1. The Labute approximate surface area is 182 Å². The quantitative estimate of drug-likeness (QED) is 0.656. The Morgan fingerprint density at radius 1 is 1.06 bits per heavy atom. The van der Waals surface area contributed by atoms with Crippen LogP contribution in [0.4, 0.5) is 11.5 Å². The van der Waals surface area contributed by atoms with Gasteiger partial charge in [0, 0.05) is 54.3 Å². The summed E-state index contributed by atoms with van der Waals surface area (Å²) in [6.45, 7) is 6.66. The van der Waals surface area contributed by atoms with Crippen LogP contribution in [0.5, 0.6) is 0 Å². The lowest BCUT2D eigenvalue weighted by Gasteiger charge is -2.20. The Morgan fingerprint density at radius 3 is 2.68 bits per heavy atom. The van der Waals surface area contributed by atoms with Gasteiger partial charge in [-0.1, -0.05) is 13.0 Å². The monoisotopic (exact) mass is 413 g/mol. The topological polar surface area (TPSA) is 71.0 Å². The fourth-order valence-electron chi connectivity index (χ4n) is 4.17. The largest absolute Gasteiger partial charge is 0.371 e. The van der Waals surface area contributed by atoms with Crippen LogP contribution in [0.2, 0.25) is 0 Å². The van der Waals surface area contributed by atoms with Crippen LogP contribution in [0.1, 0.15) is 31.7 Å². The lowest BCUT2D eigenvalue weighted by Crippen LogP contribution is -2.18. The van der Waals surface area contributed by atoms with Crippen LogP contribution in [0, 0.1) is 18.8 Å². The van der Waals surface area contributed by atoms with Gasteiger partial charge >= 0.3 is 0 Å². The van der Waals surface area contributed by atoms with Gasteiger partial charge in [-0.15, -0.1) is 0 Å². The van der Waals surface area contributed by atoms with E-state index in [1.54, 1.807) is 6.20 Å². The van der Waals surface area contributed by atoms with Crippen LogP contribution in [0.25, 0.3) is 22.4 Å². The third-order valence-electron chi connectivity index (χ3n) is 6.22. The van der Waals surface area contributed by atoms with Gasteiger partial charge in [0.15, 0.2) is 0 Å². The number of carbonyl (C=O) groups excluding carboxylic acids is 1. The van der Waals surface area contributed by atoms with Crippen molar-refractivity contribution in [3.05, 3.63) is 54.6 Å². The summed E-state index contributed by atoms with van der Waals surface area (Å²) in [5.41, 5.74) is 6.38. The maximum atomic E-state index is 12.1. The van der Waals surface area contributed by atoms with Crippen molar-refractivity contribution in [1.82, 2.24) is 15.0 Å². The van der Waals surface area contributed by atoms with E-state index in [0.29, 0.717) is 5.82 Å². The van der Waals surface area contributed by atoms with Gasteiger partial charge in [-0.3, -0.25) is 9.78 Å². The van der Waals surface area contributed by atoms with Crippen molar-refractivity contribution < 1.29 is 4.79 Å². The molecule has 6 heteroatoms. The highest BCUT2D eigenvalue weighted by Crippen LogP contribution is 2.33. The van der Waals surface area contributed by atoms with Crippen LogP contribution in [0.3, 0.4) is 0 Å². The fraction of sp³-hybridized carbons (Fsp3) is 0.360. The molecule has 1 aliphatic carbocycles. The van der Waals surface area contributed by atoms with Crippen molar-refractivity contribution in [2.24, 2.45) is 11.8 Å². The van der Waals surface area contributed by atoms with Gasteiger partial charge in [0.25, 0.3) is 0 Å². The van der Waals surface area contributed by atoms with Crippen LogP contribution < -0.4 is 10.2 Å². The molecule has 1 saturated heterocycles.